The minimum atomic E-state index is -4.06. The lowest BCUT2D eigenvalue weighted by Crippen LogP contribution is -2.35. The fraction of sp³-hybridized carbons (Fsp3) is 0. The number of rotatable bonds is 4. The Bertz CT molecular complexity index is 714. The molecule has 104 valence electrons. The van der Waals surface area contributed by atoms with Crippen molar-refractivity contribution in [2.75, 3.05) is 0 Å². The molecule has 0 aromatic heterocycles. The van der Waals surface area contributed by atoms with Crippen LogP contribution in [-0.2, 0) is 10.0 Å². The molecule has 0 saturated heterocycles. The summed E-state index contributed by atoms with van der Waals surface area (Å²) in [5.41, 5.74) is 4.85. The van der Waals surface area contributed by atoms with E-state index < -0.39 is 16.1 Å². The SMILES string of the molecule is NC(=O)NS(=O)(=O)c1ccccc1Oc1ccccc1. The Morgan fingerprint density at radius 3 is 2.25 bits per heavy atom. The molecule has 7 heteroatoms. The number of amides is 2. The first-order chi connectivity index (χ1) is 9.49. The molecule has 0 aliphatic rings. The number of primary amides is 1. The molecule has 0 spiro atoms. The van der Waals surface area contributed by atoms with E-state index >= 15 is 0 Å². The zero-order valence-electron chi connectivity index (χ0n) is 10.3. The van der Waals surface area contributed by atoms with Crippen molar-refractivity contribution in [1.29, 1.82) is 0 Å². The summed E-state index contributed by atoms with van der Waals surface area (Å²) >= 11 is 0. The van der Waals surface area contributed by atoms with Crippen molar-refractivity contribution in [3.8, 4) is 11.5 Å². The molecular formula is C13H12N2O4S. The highest BCUT2D eigenvalue weighted by atomic mass is 32.2. The maximum Gasteiger partial charge on any atom is 0.326 e. The lowest BCUT2D eigenvalue weighted by Gasteiger charge is -2.11. The summed E-state index contributed by atoms with van der Waals surface area (Å²) in [6.07, 6.45) is 0. The van der Waals surface area contributed by atoms with Crippen LogP contribution < -0.4 is 15.2 Å². The Hall–Kier alpha value is -2.54. The molecule has 0 aliphatic heterocycles. The largest absolute Gasteiger partial charge is 0.456 e. The molecule has 0 unspecified atom stereocenters. The summed E-state index contributed by atoms with van der Waals surface area (Å²) in [7, 11) is -4.06. The number of urea groups is 1. The van der Waals surface area contributed by atoms with E-state index in [-0.39, 0.29) is 10.6 Å². The van der Waals surface area contributed by atoms with E-state index in [2.05, 4.69) is 0 Å². The quantitative estimate of drug-likeness (QED) is 0.898. The van der Waals surface area contributed by atoms with Gasteiger partial charge in [-0.1, -0.05) is 30.3 Å². The highest BCUT2D eigenvalue weighted by molar-refractivity contribution is 7.90. The van der Waals surface area contributed by atoms with Crippen molar-refractivity contribution < 1.29 is 17.9 Å². The number of benzene rings is 2. The molecule has 0 radical (unpaired) electrons. The lowest BCUT2D eigenvalue weighted by molar-refractivity contribution is 0.253. The number of ether oxygens (including phenoxy) is 1. The number of hydrogen-bond acceptors (Lipinski definition) is 4. The molecular weight excluding hydrogens is 280 g/mol. The van der Waals surface area contributed by atoms with Crippen LogP contribution in [0.25, 0.3) is 0 Å². The topological polar surface area (TPSA) is 98.5 Å². The van der Waals surface area contributed by atoms with E-state index in [0.29, 0.717) is 5.75 Å². The van der Waals surface area contributed by atoms with E-state index in [4.69, 9.17) is 10.5 Å². The van der Waals surface area contributed by atoms with E-state index in [1.165, 1.54) is 18.2 Å². The number of nitrogens with two attached hydrogens (primary N) is 1. The number of nitrogens with one attached hydrogen (secondary N) is 1. The Labute approximate surface area is 116 Å². The third-order valence-electron chi connectivity index (χ3n) is 2.34. The first-order valence-electron chi connectivity index (χ1n) is 5.63. The molecule has 2 aromatic rings. The van der Waals surface area contributed by atoms with Gasteiger partial charge in [-0.05, 0) is 24.3 Å². The number of carbonyl (C=O) groups excluding carboxylic acids is 1. The fourth-order valence-corrected chi connectivity index (χ4v) is 2.57. The van der Waals surface area contributed by atoms with Gasteiger partial charge in [0.15, 0.2) is 0 Å². The predicted octanol–water partition coefficient (Wildman–Crippen LogP) is 1.84. The Balaban J connectivity index is 2.39. The Kier molecular flexibility index (Phi) is 3.90. The van der Waals surface area contributed by atoms with Gasteiger partial charge >= 0.3 is 6.03 Å². The number of para-hydroxylation sites is 2. The number of hydrogen-bond donors (Lipinski definition) is 2. The Morgan fingerprint density at radius 2 is 1.60 bits per heavy atom. The smallest absolute Gasteiger partial charge is 0.326 e. The molecule has 20 heavy (non-hydrogen) atoms. The second-order valence-electron chi connectivity index (χ2n) is 3.83. The van der Waals surface area contributed by atoms with Gasteiger partial charge in [0.05, 0.1) is 0 Å². The first kappa shape index (κ1) is 13.9. The van der Waals surface area contributed by atoms with E-state index in [1.807, 2.05) is 6.07 Å². The minimum Gasteiger partial charge on any atom is -0.456 e. The number of sulfonamides is 1. The summed E-state index contributed by atoms with van der Waals surface area (Å²) in [4.78, 5) is 10.6. The summed E-state index contributed by atoms with van der Waals surface area (Å²) in [5, 5.41) is 0. The van der Waals surface area contributed by atoms with Crippen molar-refractivity contribution in [2.45, 2.75) is 4.90 Å². The van der Waals surface area contributed by atoms with E-state index in [9.17, 15) is 13.2 Å². The van der Waals surface area contributed by atoms with E-state index in [1.54, 1.807) is 35.1 Å². The van der Waals surface area contributed by atoms with Crippen LogP contribution in [-0.4, -0.2) is 14.4 Å². The fourth-order valence-electron chi connectivity index (χ4n) is 1.56. The molecule has 0 aliphatic carbocycles. The molecule has 0 bridgehead atoms. The van der Waals surface area contributed by atoms with Crippen LogP contribution in [0.3, 0.4) is 0 Å². The summed E-state index contributed by atoms with van der Waals surface area (Å²) in [5.74, 6) is 0.585. The van der Waals surface area contributed by atoms with Crippen LogP contribution in [0.15, 0.2) is 59.5 Å². The maximum atomic E-state index is 12.0. The molecule has 2 rings (SSSR count). The molecule has 0 heterocycles. The van der Waals surface area contributed by atoms with Gasteiger partial charge in [-0.2, -0.15) is 0 Å². The lowest BCUT2D eigenvalue weighted by atomic mass is 10.3. The molecule has 0 saturated carbocycles. The van der Waals surface area contributed by atoms with Crippen LogP contribution in [0, 0.1) is 0 Å². The second-order valence-corrected chi connectivity index (χ2v) is 5.48. The van der Waals surface area contributed by atoms with Crippen molar-refractivity contribution >= 4 is 16.1 Å². The average molecular weight is 292 g/mol. The monoisotopic (exact) mass is 292 g/mol. The average Bonchev–Trinajstić information content (AvgIpc) is 2.39. The first-order valence-corrected chi connectivity index (χ1v) is 7.11. The molecule has 6 nitrogen and oxygen atoms in total. The maximum absolute atomic E-state index is 12.0. The third-order valence-corrected chi connectivity index (χ3v) is 3.73. The van der Waals surface area contributed by atoms with Gasteiger partial charge in [0.2, 0.25) is 0 Å². The van der Waals surface area contributed by atoms with Crippen molar-refractivity contribution in [3.05, 3.63) is 54.6 Å². The summed E-state index contributed by atoms with van der Waals surface area (Å²) in [6, 6.07) is 13.5. The molecule has 3 N–H and O–H groups in total. The predicted molar refractivity (Wildman–Crippen MR) is 72.9 cm³/mol. The number of carbonyl (C=O) groups is 1. The van der Waals surface area contributed by atoms with Crippen molar-refractivity contribution in [3.63, 3.8) is 0 Å². The van der Waals surface area contributed by atoms with Crippen LogP contribution in [0.2, 0.25) is 0 Å². The van der Waals surface area contributed by atoms with Gasteiger partial charge in [-0.15, -0.1) is 0 Å². The molecule has 2 amide bonds. The van der Waals surface area contributed by atoms with Gasteiger partial charge in [0, 0.05) is 0 Å². The van der Waals surface area contributed by atoms with Gasteiger partial charge < -0.3 is 10.5 Å². The normalized spacial score (nSPS) is 10.8. The zero-order chi connectivity index (χ0) is 14.6. The van der Waals surface area contributed by atoms with Crippen LogP contribution in [0.5, 0.6) is 11.5 Å². The van der Waals surface area contributed by atoms with Crippen LogP contribution in [0.1, 0.15) is 0 Å². The van der Waals surface area contributed by atoms with Gasteiger partial charge in [0.1, 0.15) is 16.4 Å². The van der Waals surface area contributed by atoms with Crippen molar-refractivity contribution in [1.82, 2.24) is 4.72 Å². The standard InChI is InChI=1S/C13H12N2O4S/c14-13(16)15-20(17,18)12-9-5-4-8-11(12)19-10-6-2-1-3-7-10/h1-9H,(H3,14,15,16). The summed E-state index contributed by atoms with van der Waals surface area (Å²) in [6.45, 7) is 0. The highest BCUT2D eigenvalue weighted by Crippen LogP contribution is 2.28. The second kappa shape index (κ2) is 5.62. The molecule has 2 aromatic carbocycles. The van der Waals surface area contributed by atoms with Gasteiger partial charge in [0.25, 0.3) is 10.0 Å². The zero-order valence-corrected chi connectivity index (χ0v) is 11.1. The van der Waals surface area contributed by atoms with Crippen molar-refractivity contribution in [2.24, 2.45) is 5.73 Å². The third kappa shape index (κ3) is 3.27. The molecule has 0 atom stereocenters. The minimum absolute atomic E-state index is 0.104. The summed E-state index contributed by atoms with van der Waals surface area (Å²) < 4.78 is 31.1. The molecule has 0 fully saturated rings. The Morgan fingerprint density at radius 1 is 1.00 bits per heavy atom. The van der Waals surface area contributed by atoms with Gasteiger partial charge in [-0.3, -0.25) is 0 Å². The van der Waals surface area contributed by atoms with Gasteiger partial charge in [-0.25, -0.2) is 17.9 Å². The van der Waals surface area contributed by atoms with E-state index in [0.717, 1.165) is 0 Å². The highest BCUT2D eigenvalue weighted by Gasteiger charge is 2.21. The van der Waals surface area contributed by atoms with Crippen LogP contribution >= 0.6 is 0 Å². The van der Waals surface area contributed by atoms with Crippen LogP contribution in [0.4, 0.5) is 4.79 Å².